The number of rotatable bonds is 4. The molecule has 0 spiro atoms. The van der Waals surface area contributed by atoms with Gasteiger partial charge in [-0.15, -0.1) is 0 Å². The van der Waals surface area contributed by atoms with Crippen molar-refractivity contribution in [2.45, 2.75) is 9.79 Å². The number of benzene rings is 2. The topological polar surface area (TPSA) is 82.4 Å². The maximum atomic E-state index is 12.9. The van der Waals surface area contributed by atoms with Crippen molar-refractivity contribution >= 4 is 47.6 Å². The van der Waals surface area contributed by atoms with Crippen LogP contribution in [-0.2, 0) is 24.8 Å². The van der Waals surface area contributed by atoms with Gasteiger partial charge in [-0.25, -0.2) is 17.4 Å². The molecule has 9 heteroatoms. The highest BCUT2D eigenvalue weighted by Crippen LogP contribution is 2.32. The Kier molecular flexibility index (Phi) is 4.68. The predicted molar refractivity (Wildman–Crippen MR) is 94.6 cm³/mol. The molecule has 0 saturated heterocycles. The van der Waals surface area contributed by atoms with Gasteiger partial charge in [-0.1, -0.05) is 24.3 Å². The minimum Gasteiger partial charge on any atom is -0.465 e. The van der Waals surface area contributed by atoms with E-state index in [1.807, 2.05) is 0 Å². The first kappa shape index (κ1) is 17.7. The number of halogens is 1. The minimum atomic E-state index is -4.18. The van der Waals surface area contributed by atoms with Crippen molar-refractivity contribution in [3.63, 3.8) is 0 Å². The van der Waals surface area contributed by atoms with E-state index in [9.17, 15) is 17.4 Å². The molecule has 6 nitrogen and oxygen atoms in total. The van der Waals surface area contributed by atoms with E-state index in [0.717, 1.165) is 0 Å². The van der Waals surface area contributed by atoms with Crippen molar-refractivity contribution in [2.24, 2.45) is 0 Å². The van der Waals surface area contributed by atoms with Crippen LogP contribution in [0.5, 0.6) is 0 Å². The molecule has 0 aliphatic carbocycles. The molecule has 0 fully saturated rings. The molecule has 3 aromatic rings. The fourth-order valence-electron chi connectivity index (χ4n) is 2.48. The number of carbonyl (C=O) groups is 1. The van der Waals surface area contributed by atoms with Crippen LogP contribution in [0.3, 0.4) is 0 Å². The van der Waals surface area contributed by atoms with Gasteiger partial charge in [-0.05, 0) is 24.3 Å². The largest absolute Gasteiger partial charge is 0.465 e. The Bertz CT molecular complexity index is 1090. The molecular formula is C16H12ClNO5S2. The predicted octanol–water partition coefficient (Wildman–Crippen LogP) is 2.93. The molecule has 2 aromatic carbocycles. The Morgan fingerprint density at radius 1 is 1.12 bits per heavy atom. The summed E-state index contributed by atoms with van der Waals surface area (Å²) in [6.45, 7) is 0. The number of esters is 1. The molecule has 0 radical (unpaired) electrons. The maximum Gasteiger partial charge on any atom is 0.338 e. The summed E-state index contributed by atoms with van der Waals surface area (Å²) >= 11 is 0. The first-order chi connectivity index (χ1) is 11.8. The molecule has 0 amide bonds. The second-order valence-electron chi connectivity index (χ2n) is 5.01. The van der Waals surface area contributed by atoms with Crippen molar-refractivity contribution in [1.82, 2.24) is 3.97 Å². The molecule has 1 aromatic heterocycles. The van der Waals surface area contributed by atoms with Crippen LogP contribution in [0.2, 0.25) is 0 Å². The number of fused-ring (bicyclic) bond motifs is 1. The normalized spacial score (nSPS) is 12.9. The fourth-order valence-corrected chi connectivity index (χ4v) is 4.73. The Morgan fingerprint density at radius 3 is 2.40 bits per heavy atom. The molecule has 1 heterocycles. The maximum absolute atomic E-state index is 12.9. The third kappa shape index (κ3) is 3.20. The van der Waals surface area contributed by atoms with Crippen LogP contribution in [0.4, 0.5) is 0 Å². The van der Waals surface area contributed by atoms with E-state index in [1.54, 1.807) is 42.5 Å². The summed E-state index contributed by atoms with van der Waals surface area (Å²) in [5.41, 5.74) is 0.326. The number of ether oxygens (including phenoxy) is 1. The Balaban J connectivity index is 2.36. The Hall–Kier alpha value is -2.16. The Morgan fingerprint density at radius 2 is 1.80 bits per heavy atom. The number of nitrogens with zero attached hydrogens (tertiary/aromatic N) is 1. The van der Waals surface area contributed by atoms with Crippen molar-refractivity contribution in [2.75, 3.05) is 7.11 Å². The number of carbonyl (C=O) groups excluding carboxylic acids is 1. The second-order valence-corrected chi connectivity index (χ2v) is 8.91. The van der Waals surface area contributed by atoms with Crippen LogP contribution in [0.25, 0.3) is 10.9 Å². The standard InChI is InChI=1S/C16H12ClNO5S2/c1-23-16(19)12-8-5-9-13-15(12)14(25(17,21)22)10-18(13)24(20)11-6-3-2-4-7-11/h2-10H,1H3. The van der Waals surface area contributed by atoms with E-state index in [2.05, 4.69) is 0 Å². The van der Waals surface area contributed by atoms with Gasteiger partial charge < -0.3 is 4.74 Å². The van der Waals surface area contributed by atoms with Crippen molar-refractivity contribution in [3.05, 3.63) is 60.3 Å². The highest BCUT2D eigenvalue weighted by Gasteiger charge is 2.26. The lowest BCUT2D eigenvalue weighted by atomic mass is 10.1. The van der Waals surface area contributed by atoms with Crippen LogP contribution in [0.15, 0.2) is 64.5 Å². The molecule has 0 aliphatic rings. The molecule has 0 bridgehead atoms. The van der Waals surface area contributed by atoms with Gasteiger partial charge in [0.05, 0.1) is 23.1 Å². The van der Waals surface area contributed by atoms with Crippen LogP contribution in [0, 0.1) is 0 Å². The summed E-state index contributed by atoms with van der Waals surface area (Å²) in [5.74, 6) is -0.713. The highest BCUT2D eigenvalue weighted by molar-refractivity contribution is 8.14. The number of aromatic nitrogens is 1. The molecular weight excluding hydrogens is 386 g/mol. The first-order valence-corrected chi connectivity index (χ1v) is 10.4. The third-order valence-electron chi connectivity index (χ3n) is 3.55. The zero-order chi connectivity index (χ0) is 18.2. The van der Waals surface area contributed by atoms with Gasteiger partial charge in [0.1, 0.15) is 4.90 Å². The van der Waals surface area contributed by atoms with Crippen LogP contribution >= 0.6 is 10.7 Å². The average Bonchev–Trinajstić information content (AvgIpc) is 3.01. The van der Waals surface area contributed by atoms with Gasteiger partial charge in [0, 0.05) is 22.3 Å². The Labute approximate surface area is 151 Å². The van der Waals surface area contributed by atoms with Crippen LogP contribution in [-0.4, -0.2) is 29.7 Å². The number of hydrogen-bond acceptors (Lipinski definition) is 5. The molecule has 1 unspecified atom stereocenters. The molecule has 1 atom stereocenters. The molecule has 130 valence electrons. The van der Waals surface area contributed by atoms with E-state index >= 15 is 0 Å². The molecule has 0 aliphatic heterocycles. The van der Waals surface area contributed by atoms with E-state index in [1.165, 1.54) is 23.3 Å². The molecule has 0 N–H and O–H groups in total. The van der Waals surface area contributed by atoms with Gasteiger partial charge in [-0.2, -0.15) is 0 Å². The summed E-state index contributed by atoms with van der Waals surface area (Å²) in [6, 6.07) is 13.1. The van der Waals surface area contributed by atoms with Gasteiger partial charge in [0.25, 0.3) is 9.05 Å². The first-order valence-electron chi connectivity index (χ1n) is 6.99. The van der Waals surface area contributed by atoms with E-state index in [0.29, 0.717) is 10.4 Å². The van der Waals surface area contributed by atoms with Crippen molar-refractivity contribution in [3.8, 4) is 0 Å². The molecule has 25 heavy (non-hydrogen) atoms. The van der Waals surface area contributed by atoms with Crippen molar-refractivity contribution < 1.29 is 22.2 Å². The van der Waals surface area contributed by atoms with Crippen molar-refractivity contribution in [1.29, 1.82) is 0 Å². The van der Waals surface area contributed by atoms with Gasteiger partial charge in [0.2, 0.25) is 0 Å². The summed E-state index contributed by atoms with van der Waals surface area (Å²) in [5, 5.41) is 0.0774. The summed E-state index contributed by atoms with van der Waals surface area (Å²) in [7, 11) is 0.822. The third-order valence-corrected chi connectivity index (χ3v) is 6.22. The zero-order valence-corrected chi connectivity index (χ0v) is 15.3. The van der Waals surface area contributed by atoms with Gasteiger partial charge in [-0.3, -0.25) is 3.97 Å². The fraction of sp³-hybridized carbons (Fsp3) is 0.0625. The summed E-state index contributed by atoms with van der Waals surface area (Å²) in [6.07, 6.45) is 1.17. The van der Waals surface area contributed by atoms with E-state index in [4.69, 9.17) is 15.4 Å². The minimum absolute atomic E-state index is 0.0306. The quantitative estimate of drug-likeness (QED) is 0.499. The van der Waals surface area contributed by atoms with E-state index < -0.39 is 26.0 Å². The lowest BCUT2D eigenvalue weighted by molar-refractivity contribution is 0.0603. The van der Waals surface area contributed by atoms with Gasteiger partial charge >= 0.3 is 5.97 Å². The van der Waals surface area contributed by atoms with Crippen LogP contribution in [0.1, 0.15) is 10.4 Å². The summed E-state index contributed by atoms with van der Waals surface area (Å²) in [4.78, 5) is 12.2. The SMILES string of the molecule is COC(=O)c1cccc2c1c(S(=O)(=O)Cl)cn2S(=O)c1ccccc1. The van der Waals surface area contributed by atoms with Crippen LogP contribution < -0.4 is 0 Å². The average molecular weight is 398 g/mol. The van der Waals surface area contributed by atoms with Gasteiger partial charge in [0.15, 0.2) is 11.0 Å². The molecule has 3 rings (SSSR count). The lowest BCUT2D eigenvalue weighted by Gasteiger charge is -2.06. The number of methoxy groups -OCH3 is 1. The smallest absolute Gasteiger partial charge is 0.338 e. The summed E-state index contributed by atoms with van der Waals surface area (Å²) < 4.78 is 42.8. The monoisotopic (exact) mass is 397 g/mol. The number of hydrogen-bond donors (Lipinski definition) is 0. The second kappa shape index (κ2) is 6.62. The molecule has 0 saturated carbocycles. The van der Waals surface area contributed by atoms with E-state index in [-0.39, 0.29) is 15.8 Å². The highest BCUT2D eigenvalue weighted by atomic mass is 35.7. The zero-order valence-electron chi connectivity index (χ0n) is 12.9. The lowest BCUT2D eigenvalue weighted by Crippen LogP contribution is -2.05.